The quantitative estimate of drug-likeness (QED) is 0.492. The molecule has 0 bridgehead atoms. The van der Waals surface area contributed by atoms with E-state index in [9.17, 15) is 0 Å². The summed E-state index contributed by atoms with van der Waals surface area (Å²) in [7, 11) is 0. The Morgan fingerprint density at radius 2 is 1.88 bits per heavy atom. The summed E-state index contributed by atoms with van der Waals surface area (Å²) in [6.45, 7) is 2.82. The molecular weight excluding hydrogens is 324 g/mol. The van der Waals surface area contributed by atoms with Crippen LogP contribution in [0.2, 0.25) is 0 Å². The molecule has 0 spiro atoms. The van der Waals surface area contributed by atoms with Crippen LogP contribution in [-0.4, -0.2) is 26.7 Å². The first-order chi connectivity index (χ1) is 12.8. The largest absolute Gasteiger partial charge is 0.368 e. The molecule has 130 valence electrons. The second-order valence-corrected chi connectivity index (χ2v) is 6.19. The van der Waals surface area contributed by atoms with Gasteiger partial charge in [0, 0.05) is 29.3 Å². The predicted molar refractivity (Wildman–Crippen MR) is 105 cm³/mol. The number of rotatable bonds is 6. The van der Waals surface area contributed by atoms with E-state index in [1.54, 1.807) is 6.20 Å². The molecule has 0 amide bonds. The van der Waals surface area contributed by atoms with Gasteiger partial charge in [-0.05, 0) is 37.1 Å². The lowest BCUT2D eigenvalue weighted by Crippen LogP contribution is -2.08. The highest BCUT2D eigenvalue weighted by atomic mass is 15.3. The topological polar surface area (TPSA) is 78.5 Å². The van der Waals surface area contributed by atoms with Crippen LogP contribution in [0.25, 0.3) is 10.9 Å². The maximum absolute atomic E-state index is 4.47. The summed E-state index contributed by atoms with van der Waals surface area (Å²) in [6, 6.07) is 16.4. The number of para-hydroxylation sites is 1. The molecule has 2 heterocycles. The van der Waals surface area contributed by atoms with Crippen LogP contribution < -0.4 is 10.6 Å². The molecule has 0 unspecified atom stereocenters. The fourth-order valence-corrected chi connectivity index (χ4v) is 2.87. The van der Waals surface area contributed by atoms with Crippen molar-refractivity contribution in [1.82, 2.24) is 20.2 Å². The monoisotopic (exact) mass is 344 g/mol. The van der Waals surface area contributed by atoms with Crippen LogP contribution in [0.4, 0.5) is 17.5 Å². The van der Waals surface area contributed by atoms with Crippen LogP contribution >= 0.6 is 0 Å². The van der Waals surface area contributed by atoms with Gasteiger partial charge in [-0.1, -0.05) is 35.9 Å². The summed E-state index contributed by atoms with van der Waals surface area (Å²) >= 11 is 0. The first-order valence-electron chi connectivity index (χ1n) is 8.60. The molecule has 2 aromatic carbocycles. The molecule has 6 nitrogen and oxygen atoms in total. The summed E-state index contributed by atoms with van der Waals surface area (Å²) in [5.41, 5.74) is 4.60. The Balaban J connectivity index is 1.38. The lowest BCUT2D eigenvalue weighted by molar-refractivity contribution is 0.952. The zero-order valence-corrected chi connectivity index (χ0v) is 14.5. The summed E-state index contributed by atoms with van der Waals surface area (Å²) in [4.78, 5) is 7.77. The summed E-state index contributed by atoms with van der Waals surface area (Å²) in [6.07, 6.45) is 4.60. The summed E-state index contributed by atoms with van der Waals surface area (Å²) < 4.78 is 0. The van der Waals surface area contributed by atoms with E-state index < -0.39 is 0 Å². The van der Waals surface area contributed by atoms with Gasteiger partial charge in [0.25, 0.3) is 0 Å². The molecule has 0 atom stereocenters. The van der Waals surface area contributed by atoms with E-state index in [1.165, 1.54) is 16.5 Å². The van der Waals surface area contributed by atoms with Crippen molar-refractivity contribution in [3.8, 4) is 0 Å². The van der Waals surface area contributed by atoms with E-state index in [-0.39, 0.29) is 0 Å². The number of benzene rings is 2. The molecule has 0 aliphatic heterocycles. The number of anilines is 3. The van der Waals surface area contributed by atoms with E-state index in [2.05, 4.69) is 62.1 Å². The number of hydrogen-bond donors (Lipinski definition) is 3. The Bertz CT molecular complexity index is 1010. The molecular formula is C20H20N6. The molecule has 6 heteroatoms. The predicted octanol–water partition coefficient (Wildman–Crippen LogP) is 4.06. The summed E-state index contributed by atoms with van der Waals surface area (Å²) in [5, 5.41) is 15.8. The van der Waals surface area contributed by atoms with Crippen LogP contribution in [0.1, 0.15) is 11.1 Å². The minimum Gasteiger partial charge on any atom is -0.368 e. The zero-order valence-electron chi connectivity index (χ0n) is 14.5. The zero-order chi connectivity index (χ0) is 17.8. The highest BCUT2D eigenvalue weighted by Crippen LogP contribution is 2.18. The number of H-pyrrole nitrogens is 1. The van der Waals surface area contributed by atoms with E-state index in [1.807, 2.05) is 30.3 Å². The van der Waals surface area contributed by atoms with Gasteiger partial charge in [0.2, 0.25) is 5.95 Å². The fraction of sp³-hybridized carbons (Fsp3) is 0.150. The van der Waals surface area contributed by atoms with E-state index in [0.29, 0.717) is 11.8 Å². The van der Waals surface area contributed by atoms with Crippen LogP contribution in [0.5, 0.6) is 0 Å². The SMILES string of the molecule is Cc1ccc(Nc2nncc(NCCc3c[nH]c4ccccc34)n2)cc1. The van der Waals surface area contributed by atoms with Crippen molar-refractivity contribution in [1.29, 1.82) is 0 Å². The Morgan fingerprint density at radius 3 is 2.77 bits per heavy atom. The van der Waals surface area contributed by atoms with Crippen molar-refractivity contribution in [2.24, 2.45) is 0 Å². The third-order valence-corrected chi connectivity index (χ3v) is 4.24. The molecule has 2 aromatic heterocycles. The lowest BCUT2D eigenvalue weighted by Gasteiger charge is -2.08. The van der Waals surface area contributed by atoms with Gasteiger partial charge >= 0.3 is 0 Å². The van der Waals surface area contributed by atoms with Gasteiger partial charge in [-0.15, -0.1) is 5.10 Å². The third kappa shape index (κ3) is 3.64. The first kappa shape index (κ1) is 16.1. The molecule has 4 rings (SSSR count). The number of aromatic nitrogens is 4. The maximum atomic E-state index is 4.47. The lowest BCUT2D eigenvalue weighted by atomic mass is 10.1. The molecule has 0 radical (unpaired) electrons. The van der Waals surface area contributed by atoms with Gasteiger partial charge in [0.1, 0.15) is 0 Å². The minimum absolute atomic E-state index is 0.478. The fourth-order valence-electron chi connectivity index (χ4n) is 2.87. The normalized spacial score (nSPS) is 10.8. The second-order valence-electron chi connectivity index (χ2n) is 6.19. The number of aryl methyl sites for hydroxylation is 1. The number of fused-ring (bicyclic) bond motifs is 1. The number of aromatic amines is 1. The van der Waals surface area contributed by atoms with Crippen molar-refractivity contribution in [2.75, 3.05) is 17.2 Å². The van der Waals surface area contributed by atoms with Crippen molar-refractivity contribution < 1.29 is 0 Å². The van der Waals surface area contributed by atoms with Gasteiger partial charge in [0.05, 0.1) is 6.20 Å². The van der Waals surface area contributed by atoms with Crippen LogP contribution in [0.15, 0.2) is 60.9 Å². The molecule has 0 saturated carbocycles. The number of nitrogens with zero attached hydrogens (tertiary/aromatic N) is 3. The highest BCUT2D eigenvalue weighted by molar-refractivity contribution is 5.83. The Kier molecular flexibility index (Phi) is 4.47. The van der Waals surface area contributed by atoms with Gasteiger partial charge in [-0.3, -0.25) is 0 Å². The molecule has 26 heavy (non-hydrogen) atoms. The van der Waals surface area contributed by atoms with Gasteiger partial charge in [-0.25, -0.2) is 0 Å². The minimum atomic E-state index is 0.478. The Hall–Kier alpha value is -3.41. The number of hydrogen-bond acceptors (Lipinski definition) is 5. The molecule has 4 aromatic rings. The molecule has 0 saturated heterocycles. The van der Waals surface area contributed by atoms with E-state index in [0.717, 1.165) is 24.2 Å². The maximum Gasteiger partial charge on any atom is 0.249 e. The molecule has 0 fully saturated rings. The van der Waals surface area contributed by atoms with Gasteiger partial charge in [0.15, 0.2) is 5.82 Å². The van der Waals surface area contributed by atoms with Crippen LogP contribution in [0.3, 0.4) is 0 Å². The van der Waals surface area contributed by atoms with Crippen molar-refractivity contribution in [2.45, 2.75) is 13.3 Å². The highest BCUT2D eigenvalue weighted by Gasteiger charge is 2.04. The standard InChI is InChI=1S/C20H20N6/c1-14-6-8-16(9-7-14)24-20-25-19(13-23-26-20)21-11-10-15-12-22-18-5-3-2-4-17(15)18/h2-9,12-13,22H,10-11H2,1H3,(H2,21,24,25,26). The van der Waals surface area contributed by atoms with Gasteiger partial charge in [-0.2, -0.15) is 10.1 Å². The first-order valence-corrected chi connectivity index (χ1v) is 8.60. The van der Waals surface area contributed by atoms with Crippen molar-refractivity contribution >= 4 is 28.4 Å². The molecule has 0 aliphatic rings. The van der Waals surface area contributed by atoms with Crippen molar-refractivity contribution in [3.63, 3.8) is 0 Å². The molecule has 3 N–H and O–H groups in total. The third-order valence-electron chi connectivity index (χ3n) is 4.24. The summed E-state index contributed by atoms with van der Waals surface area (Å²) in [5.74, 6) is 1.18. The van der Waals surface area contributed by atoms with E-state index >= 15 is 0 Å². The average Bonchev–Trinajstić information content (AvgIpc) is 3.07. The second kappa shape index (κ2) is 7.23. The van der Waals surface area contributed by atoms with Gasteiger partial charge < -0.3 is 15.6 Å². The Morgan fingerprint density at radius 1 is 1.04 bits per heavy atom. The molecule has 0 aliphatic carbocycles. The van der Waals surface area contributed by atoms with Crippen LogP contribution in [-0.2, 0) is 6.42 Å². The van der Waals surface area contributed by atoms with Crippen LogP contribution in [0, 0.1) is 6.92 Å². The smallest absolute Gasteiger partial charge is 0.249 e. The Labute approximate surface area is 151 Å². The van der Waals surface area contributed by atoms with Crippen molar-refractivity contribution in [3.05, 3.63) is 72.1 Å². The number of nitrogens with one attached hydrogen (secondary N) is 3. The average molecular weight is 344 g/mol. The van der Waals surface area contributed by atoms with E-state index in [4.69, 9.17) is 0 Å².